The lowest BCUT2D eigenvalue weighted by atomic mass is 9.96. The number of terminal acetylenes is 1. The molecule has 0 saturated heterocycles. The number of carbonyl (C=O) groups excluding carboxylic acids is 1. The van der Waals surface area contributed by atoms with E-state index in [1.54, 1.807) is 12.1 Å². The van der Waals surface area contributed by atoms with Gasteiger partial charge >= 0.3 is 0 Å². The Morgan fingerprint density at radius 1 is 1.19 bits per heavy atom. The van der Waals surface area contributed by atoms with E-state index in [1.807, 2.05) is 12.1 Å². The maximum Gasteiger partial charge on any atom is 0.267 e. The molecule has 2 heterocycles. The topological polar surface area (TPSA) is 68.0 Å². The average Bonchev–Trinajstić information content (AvgIpc) is 2.98. The Hall–Kier alpha value is -2.84. The van der Waals surface area contributed by atoms with Crippen molar-refractivity contribution in [3.8, 4) is 12.3 Å². The van der Waals surface area contributed by atoms with Crippen molar-refractivity contribution in [3.63, 3.8) is 0 Å². The fourth-order valence-electron chi connectivity index (χ4n) is 3.58. The molecule has 0 spiro atoms. The van der Waals surface area contributed by atoms with Gasteiger partial charge in [0.25, 0.3) is 5.91 Å². The van der Waals surface area contributed by atoms with E-state index in [1.165, 1.54) is 42.6 Å². The smallest absolute Gasteiger partial charge is 0.267 e. The second kappa shape index (κ2) is 7.42. The van der Waals surface area contributed by atoms with Crippen LogP contribution >= 0.6 is 11.3 Å². The minimum absolute atomic E-state index is 0.245. The van der Waals surface area contributed by atoms with Crippen LogP contribution in [0.4, 0.5) is 11.4 Å². The molecule has 4 rings (SSSR count). The second-order valence-electron chi connectivity index (χ2n) is 6.85. The Morgan fingerprint density at radius 3 is 2.78 bits per heavy atom. The molecule has 3 N–H and O–H groups in total. The molecule has 5 heteroatoms. The van der Waals surface area contributed by atoms with Gasteiger partial charge < -0.3 is 11.1 Å². The van der Waals surface area contributed by atoms with Gasteiger partial charge in [0.2, 0.25) is 0 Å². The van der Waals surface area contributed by atoms with Crippen LogP contribution in [0.1, 0.15) is 52.2 Å². The third kappa shape index (κ3) is 3.41. The van der Waals surface area contributed by atoms with Crippen LogP contribution in [0.3, 0.4) is 0 Å². The molecule has 0 fully saturated rings. The summed E-state index contributed by atoms with van der Waals surface area (Å²) in [6.45, 7) is 0. The van der Waals surface area contributed by atoms with Gasteiger partial charge in [0.05, 0.1) is 11.4 Å². The second-order valence-corrected chi connectivity index (χ2v) is 7.85. The largest absolute Gasteiger partial charge is 0.397 e. The van der Waals surface area contributed by atoms with Crippen molar-refractivity contribution >= 4 is 38.8 Å². The molecule has 136 valence electrons. The predicted octanol–water partition coefficient (Wildman–Crippen LogP) is 4.77. The fraction of sp³-hybridized carbons (Fsp3) is 0.273. The van der Waals surface area contributed by atoms with Crippen molar-refractivity contribution in [3.05, 3.63) is 52.0 Å². The number of benzene rings is 1. The van der Waals surface area contributed by atoms with E-state index in [9.17, 15) is 4.79 Å². The molecule has 0 unspecified atom stereocenters. The Kier molecular flexibility index (Phi) is 4.83. The number of nitrogens with one attached hydrogen (secondary N) is 1. The maximum absolute atomic E-state index is 12.8. The monoisotopic (exact) mass is 375 g/mol. The number of fused-ring (bicyclic) bond motifs is 2. The number of hydrogen-bond acceptors (Lipinski definition) is 4. The van der Waals surface area contributed by atoms with E-state index in [-0.39, 0.29) is 5.91 Å². The van der Waals surface area contributed by atoms with Crippen molar-refractivity contribution in [2.45, 2.75) is 38.5 Å². The summed E-state index contributed by atoms with van der Waals surface area (Å²) in [4.78, 5) is 19.0. The van der Waals surface area contributed by atoms with E-state index < -0.39 is 0 Å². The normalized spacial score (nSPS) is 14.0. The van der Waals surface area contributed by atoms with Crippen LogP contribution in [0.15, 0.2) is 30.3 Å². The highest BCUT2D eigenvalue weighted by molar-refractivity contribution is 7.21. The van der Waals surface area contributed by atoms with Gasteiger partial charge in [0.15, 0.2) is 0 Å². The van der Waals surface area contributed by atoms with Crippen molar-refractivity contribution < 1.29 is 4.79 Å². The van der Waals surface area contributed by atoms with Crippen molar-refractivity contribution in [1.82, 2.24) is 4.98 Å². The van der Waals surface area contributed by atoms with Crippen LogP contribution < -0.4 is 11.1 Å². The highest BCUT2D eigenvalue weighted by atomic mass is 32.1. The Labute approximate surface area is 162 Å². The van der Waals surface area contributed by atoms with Gasteiger partial charge in [-0.3, -0.25) is 4.79 Å². The number of nitrogens with zero attached hydrogens (tertiary/aromatic N) is 1. The molecule has 0 bridgehead atoms. The molecule has 1 amide bonds. The number of anilines is 2. The van der Waals surface area contributed by atoms with Gasteiger partial charge in [-0.1, -0.05) is 30.9 Å². The van der Waals surface area contributed by atoms with Crippen LogP contribution in [0.5, 0.6) is 0 Å². The minimum atomic E-state index is -0.245. The van der Waals surface area contributed by atoms with Crippen LogP contribution in [0.25, 0.3) is 10.2 Å². The minimum Gasteiger partial charge on any atom is -0.397 e. The fourth-order valence-corrected chi connectivity index (χ4v) is 4.57. The molecule has 3 aromatic rings. The molecular weight excluding hydrogens is 354 g/mol. The number of aromatic nitrogens is 1. The lowest BCUT2D eigenvalue weighted by Crippen LogP contribution is -2.12. The number of para-hydroxylation sites is 1. The number of amides is 1. The average molecular weight is 375 g/mol. The Balaban J connectivity index is 1.70. The standard InChI is InChI=1S/C22H21N3OS/c1-2-14-9-7-8-12-17(14)24-21(26)20-19(23)16-13-15-10-5-3-4-6-11-18(15)25-22(16)27-20/h1,7-9,12-13H,3-6,10-11,23H2,(H,24,26). The molecule has 4 nitrogen and oxygen atoms in total. The zero-order valence-electron chi connectivity index (χ0n) is 15.0. The molecular formula is C22H21N3OS. The number of thiophene rings is 1. The summed E-state index contributed by atoms with van der Waals surface area (Å²) in [5.41, 5.74) is 10.5. The molecule has 1 aliphatic rings. The molecule has 1 aliphatic carbocycles. The van der Waals surface area contributed by atoms with Gasteiger partial charge in [-0.05, 0) is 49.4 Å². The Morgan fingerprint density at radius 2 is 1.96 bits per heavy atom. The van der Waals surface area contributed by atoms with Gasteiger partial charge in [-0.15, -0.1) is 17.8 Å². The van der Waals surface area contributed by atoms with Gasteiger partial charge in [0.1, 0.15) is 9.71 Å². The molecule has 0 saturated carbocycles. The summed E-state index contributed by atoms with van der Waals surface area (Å²) in [7, 11) is 0. The van der Waals surface area contributed by atoms with Crippen LogP contribution in [-0.4, -0.2) is 10.9 Å². The van der Waals surface area contributed by atoms with E-state index in [0.29, 0.717) is 21.8 Å². The summed E-state index contributed by atoms with van der Waals surface area (Å²) >= 11 is 1.35. The summed E-state index contributed by atoms with van der Waals surface area (Å²) in [6, 6.07) is 9.41. The first-order valence-electron chi connectivity index (χ1n) is 9.25. The van der Waals surface area contributed by atoms with E-state index in [0.717, 1.165) is 28.8 Å². The highest BCUT2D eigenvalue weighted by Crippen LogP contribution is 2.35. The van der Waals surface area contributed by atoms with E-state index in [2.05, 4.69) is 17.3 Å². The highest BCUT2D eigenvalue weighted by Gasteiger charge is 2.20. The lowest BCUT2D eigenvalue weighted by Gasteiger charge is -2.12. The number of rotatable bonds is 2. The molecule has 0 atom stereocenters. The number of nitrogen functional groups attached to an aromatic ring is 1. The van der Waals surface area contributed by atoms with E-state index >= 15 is 0 Å². The molecule has 2 aromatic heterocycles. The zero-order valence-corrected chi connectivity index (χ0v) is 15.9. The van der Waals surface area contributed by atoms with Crippen molar-refractivity contribution in [2.24, 2.45) is 0 Å². The maximum atomic E-state index is 12.8. The third-order valence-electron chi connectivity index (χ3n) is 5.04. The summed E-state index contributed by atoms with van der Waals surface area (Å²) < 4.78 is 0. The quantitative estimate of drug-likeness (QED) is 0.634. The molecule has 0 radical (unpaired) electrons. The first-order valence-corrected chi connectivity index (χ1v) is 10.1. The van der Waals surface area contributed by atoms with Crippen molar-refractivity contribution in [1.29, 1.82) is 0 Å². The lowest BCUT2D eigenvalue weighted by molar-refractivity contribution is 0.103. The number of carbonyl (C=O) groups is 1. The Bertz CT molecular complexity index is 1060. The van der Waals surface area contributed by atoms with Gasteiger partial charge in [-0.25, -0.2) is 4.98 Å². The van der Waals surface area contributed by atoms with Gasteiger partial charge in [-0.2, -0.15) is 0 Å². The zero-order chi connectivity index (χ0) is 18.8. The molecule has 1 aromatic carbocycles. The first-order chi connectivity index (χ1) is 13.2. The number of pyridine rings is 1. The third-order valence-corrected chi connectivity index (χ3v) is 6.15. The number of nitrogens with two attached hydrogens (primary N) is 1. The SMILES string of the molecule is C#Cc1ccccc1NC(=O)c1sc2nc3c(cc2c1N)CCCCCC3. The predicted molar refractivity (Wildman–Crippen MR) is 112 cm³/mol. The summed E-state index contributed by atoms with van der Waals surface area (Å²) in [5, 5.41) is 3.77. The number of hydrogen-bond donors (Lipinski definition) is 2. The van der Waals surface area contributed by atoms with Crippen LogP contribution in [0, 0.1) is 12.3 Å². The number of aryl methyl sites for hydroxylation is 2. The molecule has 0 aliphatic heterocycles. The summed E-state index contributed by atoms with van der Waals surface area (Å²) in [6.07, 6.45) is 12.4. The van der Waals surface area contributed by atoms with Crippen molar-refractivity contribution in [2.75, 3.05) is 11.1 Å². The molecule has 27 heavy (non-hydrogen) atoms. The van der Waals surface area contributed by atoms with E-state index in [4.69, 9.17) is 17.1 Å². The first kappa shape index (κ1) is 17.6. The van der Waals surface area contributed by atoms with Crippen LogP contribution in [-0.2, 0) is 12.8 Å². The van der Waals surface area contributed by atoms with Gasteiger partial charge in [0, 0.05) is 16.6 Å². The van der Waals surface area contributed by atoms with Crippen LogP contribution in [0.2, 0.25) is 0 Å². The summed E-state index contributed by atoms with van der Waals surface area (Å²) in [5.74, 6) is 2.34.